The molecular weight excluding hydrogens is 380 g/mol. The van der Waals surface area contributed by atoms with E-state index in [0.29, 0.717) is 36.7 Å². The molecule has 0 spiro atoms. The average molecular weight is 404 g/mol. The molecule has 0 aliphatic carbocycles. The van der Waals surface area contributed by atoms with Gasteiger partial charge >= 0.3 is 0 Å². The Bertz CT molecular complexity index is 1010. The molecule has 0 radical (unpaired) electrons. The second kappa shape index (κ2) is 8.86. The van der Waals surface area contributed by atoms with Gasteiger partial charge in [-0.25, -0.2) is 15.0 Å². The van der Waals surface area contributed by atoms with Gasteiger partial charge in [-0.2, -0.15) is 0 Å². The zero-order valence-electron chi connectivity index (χ0n) is 16.8. The predicted octanol–water partition coefficient (Wildman–Crippen LogP) is 2.46. The normalized spacial score (nSPS) is 14.5. The lowest BCUT2D eigenvalue weighted by Gasteiger charge is -2.32. The minimum Gasteiger partial charge on any atom is -0.348 e. The van der Waals surface area contributed by atoms with E-state index in [4.69, 9.17) is 0 Å². The Morgan fingerprint density at radius 3 is 2.63 bits per heavy atom. The molecule has 0 atom stereocenters. The van der Waals surface area contributed by atoms with Gasteiger partial charge in [0.15, 0.2) is 0 Å². The highest BCUT2D eigenvalue weighted by atomic mass is 16.2. The van der Waals surface area contributed by atoms with Crippen molar-refractivity contribution < 1.29 is 9.59 Å². The minimum atomic E-state index is -0.176. The standard InChI is InChI=1S/C22H24N6O2/c1-15-24-12-18(21(29)25-11-16-5-3-2-4-6-16)20(27-15)17-7-9-28(10-8-17)22(30)19-13-23-14-26-19/h2-6,12-14,17H,7-11H2,1H3,(H,23,26)(H,25,29). The Morgan fingerprint density at radius 2 is 1.93 bits per heavy atom. The molecular formula is C22H24N6O2. The molecule has 30 heavy (non-hydrogen) atoms. The van der Waals surface area contributed by atoms with Gasteiger partial charge in [0, 0.05) is 31.7 Å². The van der Waals surface area contributed by atoms with Crippen LogP contribution in [0.25, 0.3) is 0 Å². The summed E-state index contributed by atoms with van der Waals surface area (Å²) in [6.45, 7) is 3.49. The monoisotopic (exact) mass is 404 g/mol. The lowest BCUT2D eigenvalue weighted by Crippen LogP contribution is -2.38. The van der Waals surface area contributed by atoms with Crippen LogP contribution in [0.15, 0.2) is 49.1 Å². The number of nitrogens with zero attached hydrogens (tertiary/aromatic N) is 4. The first-order valence-electron chi connectivity index (χ1n) is 10.0. The highest BCUT2D eigenvalue weighted by molar-refractivity contribution is 5.95. The quantitative estimate of drug-likeness (QED) is 0.680. The Hall–Kier alpha value is -3.55. The molecule has 2 aromatic heterocycles. The number of nitrogens with one attached hydrogen (secondary N) is 2. The number of rotatable bonds is 5. The van der Waals surface area contributed by atoms with Crippen molar-refractivity contribution in [1.82, 2.24) is 30.2 Å². The molecule has 1 aliphatic heterocycles. The SMILES string of the molecule is Cc1ncc(C(=O)NCc2ccccc2)c(C2CCN(C(=O)c3cnc[nH]3)CC2)n1. The summed E-state index contributed by atoms with van der Waals surface area (Å²) < 4.78 is 0. The van der Waals surface area contributed by atoms with Gasteiger partial charge in [-0.1, -0.05) is 30.3 Å². The van der Waals surface area contributed by atoms with Gasteiger partial charge in [-0.15, -0.1) is 0 Å². The number of carbonyl (C=O) groups is 2. The first-order valence-corrected chi connectivity index (χ1v) is 10.0. The highest BCUT2D eigenvalue weighted by Crippen LogP contribution is 2.29. The zero-order valence-corrected chi connectivity index (χ0v) is 16.8. The van der Waals surface area contributed by atoms with Crippen molar-refractivity contribution in [1.29, 1.82) is 0 Å². The van der Waals surface area contributed by atoms with Crippen LogP contribution in [0.3, 0.4) is 0 Å². The van der Waals surface area contributed by atoms with Gasteiger partial charge in [0.05, 0.1) is 23.8 Å². The summed E-state index contributed by atoms with van der Waals surface area (Å²) in [6.07, 6.45) is 6.14. The van der Waals surface area contributed by atoms with Crippen molar-refractivity contribution in [2.75, 3.05) is 13.1 Å². The minimum absolute atomic E-state index is 0.0503. The summed E-state index contributed by atoms with van der Waals surface area (Å²) >= 11 is 0. The van der Waals surface area contributed by atoms with E-state index in [1.807, 2.05) is 42.2 Å². The Kier molecular flexibility index (Phi) is 5.83. The summed E-state index contributed by atoms with van der Waals surface area (Å²) in [7, 11) is 0. The molecule has 4 rings (SSSR count). The van der Waals surface area contributed by atoms with Crippen LogP contribution in [0.4, 0.5) is 0 Å². The summed E-state index contributed by atoms with van der Waals surface area (Å²) in [5.74, 6) is 0.519. The molecule has 3 aromatic rings. The van der Waals surface area contributed by atoms with Crippen LogP contribution in [0.1, 0.15) is 56.7 Å². The number of hydrogen-bond donors (Lipinski definition) is 2. The van der Waals surface area contributed by atoms with Gasteiger partial charge in [0.25, 0.3) is 11.8 Å². The van der Waals surface area contributed by atoms with Gasteiger partial charge in [0.2, 0.25) is 0 Å². The second-order valence-corrected chi connectivity index (χ2v) is 7.42. The number of H-pyrrole nitrogens is 1. The van der Waals surface area contributed by atoms with Gasteiger partial charge < -0.3 is 15.2 Å². The fourth-order valence-corrected chi connectivity index (χ4v) is 3.75. The molecule has 8 heteroatoms. The molecule has 154 valence electrons. The van der Waals surface area contributed by atoms with Crippen molar-refractivity contribution in [2.45, 2.75) is 32.2 Å². The molecule has 2 N–H and O–H groups in total. The summed E-state index contributed by atoms with van der Waals surface area (Å²) in [5, 5.41) is 2.97. The third kappa shape index (κ3) is 4.37. The summed E-state index contributed by atoms with van der Waals surface area (Å²) in [5.41, 5.74) is 2.80. The molecule has 0 unspecified atom stereocenters. The van der Waals surface area contributed by atoms with E-state index in [0.717, 1.165) is 24.1 Å². The van der Waals surface area contributed by atoms with Crippen molar-refractivity contribution in [2.24, 2.45) is 0 Å². The maximum absolute atomic E-state index is 12.9. The number of aromatic amines is 1. The number of benzene rings is 1. The lowest BCUT2D eigenvalue weighted by atomic mass is 9.90. The second-order valence-electron chi connectivity index (χ2n) is 7.42. The third-order valence-electron chi connectivity index (χ3n) is 5.38. The van der Waals surface area contributed by atoms with Crippen LogP contribution in [0.5, 0.6) is 0 Å². The number of likely N-dealkylation sites (tertiary alicyclic amines) is 1. The van der Waals surface area contributed by atoms with E-state index >= 15 is 0 Å². The van der Waals surface area contributed by atoms with Gasteiger partial charge in [-0.3, -0.25) is 9.59 Å². The van der Waals surface area contributed by atoms with E-state index in [9.17, 15) is 9.59 Å². The van der Waals surface area contributed by atoms with Gasteiger partial charge in [0.1, 0.15) is 11.5 Å². The predicted molar refractivity (Wildman–Crippen MR) is 111 cm³/mol. The maximum atomic E-state index is 12.9. The van der Waals surface area contributed by atoms with Crippen molar-refractivity contribution in [3.63, 3.8) is 0 Å². The molecule has 1 saturated heterocycles. The van der Waals surface area contributed by atoms with E-state index in [1.54, 1.807) is 6.20 Å². The number of carbonyl (C=O) groups excluding carboxylic acids is 2. The molecule has 3 heterocycles. The molecule has 2 amide bonds. The van der Waals surface area contributed by atoms with E-state index in [-0.39, 0.29) is 17.7 Å². The third-order valence-corrected chi connectivity index (χ3v) is 5.38. The topological polar surface area (TPSA) is 104 Å². The maximum Gasteiger partial charge on any atom is 0.271 e. The number of aromatic nitrogens is 4. The molecule has 0 saturated carbocycles. The Morgan fingerprint density at radius 1 is 1.17 bits per heavy atom. The first-order chi connectivity index (χ1) is 14.6. The van der Waals surface area contributed by atoms with Crippen LogP contribution in [0.2, 0.25) is 0 Å². The molecule has 1 aromatic carbocycles. The smallest absolute Gasteiger partial charge is 0.271 e. The molecule has 1 aliphatic rings. The molecule has 8 nitrogen and oxygen atoms in total. The van der Waals surface area contributed by atoms with Gasteiger partial charge in [-0.05, 0) is 25.3 Å². The van der Waals surface area contributed by atoms with E-state index in [2.05, 4.69) is 25.3 Å². The van der Waals surface area contributed by atoms with Crippen LogP contribution in [-0.4, -0.2) is 49.7 Å². The van der Waals surface area contributed by atoms with E-state index in [1.165, 1.54) is 12.5 Å². The average Bonchev–Trinajstić information content (AvgIpc) is 3.33. The summed E-state index contributed by atoms with van der Waals surface area (Å²) in [6, 6.07) is 9.78. The largest absolute Gasteiger partial charge is 0.348 e. The van der Waals surface area contributed by atoms with Crippen LogP contribution < -0.4 is 5.32 Å². The number of amides is 2. The number of imidazole rings is 1. The van der Waals surface area contributed by atoms with E-state index < -0.39 is 0 Å². The fourth-order valence-electron chi connectivity index (χ4n) is 3.75. The number of hydrogen-bond acceptors (Lipinski definition) is 5. The Labute approximate surface area is 174 Å². The lowest BCUT2D eigenvalue weighted by molar-refractivity contribution is 0.0705. The van der Waals surface area contributed by atoms with Crippen molar-refractivity contribution >= 4 is 11.8 Å². The zero-order chi connectivity index (χ0) is 20.9. The molecule has 0 bridgehead atoms. The summed E-state index contributed by atoms with van der Waals surface area (Å²) in [4.78, 5) is 42.8. The van der Waals surface area contributed by atoms with Crippen LogP contribution >= 0.6 is 0 Å². The van der Waals surface area contributed by atoms with Crippen molar-refractivity contribution in [3.8, 4) is 0 Å². The Balaban J connectivity index is 1.44. The van der Waals surface area contributed by atoms with Crippen LogP contribution in [-0.2, 0) is 6.54 Å². The molecule has 1 fully saturated rings. The van der Waals surface area contributed by atoms with Crippen molar-refractivity contribution in [3.05, 3.63) is 77.4 Å². The fraction of sp³-hybridized carbons (Fsp3) is 0.318. The first kappa shape index (κ1) is 19.8. The number of piperidine rings is 1. The number of aryl methyl sites for hydroxylation is 1. The van der Waals surface area contributed by atoms with Crippen LogP contribution in [0, 0.1) is 6.92 Å². The highest BCUT2D eigenvalue weighted by Gasteiger charge is 2.29.